The van der Waals surface area contributed by atoms with Crippen LogP contribution in [0.3, 0.4) is 0 Å². The molecule has 4 aliphatic rings. The Hall–Kier alpha value is -0.530. The summed E-state index contributed by atoms with van der Waals surface area (Å²) in [7, 11) is 0. The summed E-state index contributed by atoms with van der Waals surface area (Å²) >= 11 is 0. The van der Waals surface area contributed by atoms with Gasteiger partial charge in [0.15, 0.2) is 0 Å². The van der Waals surface area contributed by atoms with Gasteiger partial charge in [0.2, 0.25) is 0 Å². The third kappa shape index (κ3) is 2.98. The van der Waals surface area contributed by atoms with Crippen molar-refractivity contribution in [1.82, 2.24) is 0 Å². The molecular formula is C17H28O2. The molecule has 0 aromatic carbocycles. The van der Waals surface area contributed by atoms with Crippen molar-refractivity contribution in [3.8, 4) is 0 Å². The van der Waals surface area contributed by atoms with E-state index in [2.05, 4.69) is 6.92 Å². The summed E-state index contributed by atoms with van der Waals surface area (Å²) in [4.78, 5) is 11.6. The van der Waals surface area contributed by atoms with Crippen LogP contribution in [0.1, 0.15) is 71.1 Å². The topological polar surface area (TPSA) is 26.3 Å². The predicted octanol–water partition coefficient (Wildman–Crippen LogP) is 4.33. The molecule has 4 aliphatic carbocycles. The zero-order valence-corrected chi connectivity index (χ0v) is 12.3. The fraction of sp³-hybridized carbons (Fsp3) is 0.941. The lowest BCUT2D eigenvalue weighted by Crippen LogP contribution is -2.46. The standard InChI is InChI=1S/C17H28O2/c1-2-3-4-16(18)19-6-5-17-10-13-7-14(11-17)9-15(8-13)12-17/h13-15H,2-12H2,1H3. The number of hydrogen-bond donors (Lipinski definition) is 0. The number of ether oxygens (including phenoxy) is 1. The SMILES string of the molecule is CCCCC(=O)OCCC12CC3CC(CC(C3)C1)C2. The lowest BCUT2D eigenvalue weighted by molar-refractivity contribution is -0.146. The van der Waals surface area contributed by atoms with Crippen LogP contribution in [0, 0.1) is 23.2 Å². The van der Waals surface area contributed by atoms with Gasteiger partial charge in [0.25, 0.3) is 0 Å². The number of esters is 1. The molecule has 4 fully saturated rings. The lowest BCUT2D eigenvalue weighted by atomic mass is 9.49. The second-order valence-corrected chi connectivity index (χ2v) is 7.49. The third-order valence-corrected chi connectivity index (χ3v) is 5.79. The highest BCUT2D eigenvalue weighted by Crippen LogP contribution is 2.61. The smallest absolute Gasteiger partial charge is 0.305 e. The quantitative estimate of drug-likeness (QED) is 0.668. The second-order valence-electron chi connectivity index (χ2n) is 7.49. The minimum atomic E-state index is 0.0200. The Labute approximate surface area is 117 Å². The first kappa shape index (κ1) is 13.5. The molecule has 19 heavy (non-hydrogen) atoms. The Morgan fingerprint density at radius 1 is 1.11 bits per heavy atom. The van der Waals surface area contributed by atoms with Crippen LogP contribution in [-0.2, 0) is 9.53 Å². The maximum absolute atomic E-state index is 11.6. The van der Waals surface area contributed by atoms with Gasteiger partial charge in [-0.2, -0.15) is 0 Å². The molecule has 0 heterocycles. The summed E-state index contributed by atoms with van der Waals surface area (Å²) in [5.41, 5.74) is 0.555. The third-order valence-electron chi connectivity index (χ3n) is 5.79. The van der Waals surface area contributed by atoms with Gasteiger partial charge in [-0.1, -0.05) is 13.3 Å². The number of carbonyl (C=O) groups is 1. The van der Waals surface area contributed by atoms with Crippen molar-refractivity contribution in [2.24, 2.45) is 23.2 Å². The first-order valence-corrected chi connectivity index (χ1v) is 8.35. The van der Waals surface area contributed by atoms with Crippen LogP contribution >= 0.6 is 0 Å². The summed E-state index contributed by atoms with van der Waals surface area (Å²) in [6.07, 6.45) is 12.5. The zero-order chi connectivity index (χ0) is 13.3. The maximum atomic E-state index is 11.6. The van der Waals surface area contributed by atoms with Crippen LogP contribution in [0.25, 0.3) is 0 Å². The van der Waals surface area contributed by atoms with Crippen molar-refractivity contribution in [3.05, 3.63) is 0 Å². The minimum Gasteiger partial charge on any atom is -0.466 e. The maximum Gasteiger partial charge on any atom is 0.305 e. The fourth-order valence-corrected chi connectivity index (χ4v) is 5.37. The molecule has 4 bridgehead atoms. The molecule has 0 radical (unpaired) electrons. The average molecular weight is 264 g/mol. The van der Waals surface area contributed by atoms with Gasteiger partial charge in [0.05, 0.1) is 6.61 Å². The number of rotatable bonds is 6. The summed E-state index contributed by atoms with van der Waals surface area (Å²) in [5, 5.41) is 0. The molecule has 108 valence electrons. The van der Waals surface area contributed by atoms with Gasteiger partial charge in [-0.05, 0) is 74.5 Å². The van der Waals surface area contributed by atoms with Crippen molar-refractivity contribution in [3.63, 3.8) is 0 Å². The van der Waals surface area contributed by atoms with Crippen molar-refractivity contribution >= 4 is 5.97 Å². The Kier molecular flexibility index (Phi) is 3.86. The molecular weight excluding hydrogens is 236 g/mol. The van der Waals surface area contributed by atoms with E-state index in [1.165, 1.54) is 38.5 Å². The number of hydrogen-bond acceptors (Lipinski definition) is 2. The van der Waals surface area contributed by atoms with Crippen molar-refractivity contribution in [1.29, 1.82) is 0 Å². The van der Waals surface area contributed by atoms with E-state index in [1.807, 2.05) is 0 Å². The van der Waals surface area contributed by atoms with Crippen molar-refractivity contribution < 1.29 is 9.53 Å². The van der Waals surface area contributed by atoms with E-state index in [0.717, 1.165) is 37.0 Å². The van der Waals surface area contributed by atoms with Crippen LogP contribution in [0.15, 0.2) is 0 Å². The summed E-state index contributed by atoms with van der Waals surface area (Å²) < 4.78 is 5.44. The molecule has 0 atom stereocenters. The van der Waals surface area contributed by atoms with E-state index < -0.39 is 0 Å². The number of carbonyl (C=O) groups excluding carboxylic acids is 1. The normalized spacial score (nSPS) is 39.5. The van der Waals surface area contributed by atoms with E-state index in [-0.39, 0.29) is 5.97 Å². The first-order valence-electron chi connectivity index (χ1n) is 8.35. The fourth-order valence-electron chi connectivity index (χ4n) is 5.37. The molecule has 0 saturated heterocycles. The van der Waals surface area contributed by atoms with Crippen molar-refractivity contribution in [2.45, 2.75) is 71.1 Å². The monoisotopic (exact) mass is 264 g/mol. The van der Waals surface area contributed by atoms with Crippen LogP contribution < -0.4 is 0 Å². The summed E-state index contributed by atoms with van der Waals surface area (Å²) in [6, 6.07) is 0. The molecule has 2 heteroatoms. The molecule has 0 spiro atoms. The number of unbranched alkanes of at least 4 members (excludes halogenated alkanes) is 1. The first-order chi connectivity index (χ1) is 9.19. The highest BCUT2D eigenvalue weighted by atomic mass is 16.5. The second kappa shape index (κ2) is 5.46. The molecule has 4 saturated carbocycles. The minimum absolute atomic E-state index is 0.0200. The van der Waals surface area contributed by atoms with E-state index in [1.54, 1.807) is 0 Å². The molecule has 0 unspecified atom stereocenters. The largest absolute Gasteiger partial charge is 0.466 e. The van der Waals surface area contributed by atoms with Crippen LogP contribution in [0.2, 0.25) is 0 Å². The molecule has 4 rings (SSSR count). The molecule has 2 nitrogen and oxygen atoms in total. The van der Waals surface area contributed by atoms with Gasteiger partial charge in [-0.25, -0.2) is 0 Å². The average Bonchev–Trinajstić information content (AvgIpc) is 2.34. The Morgan fingerprint density at radius 2 is 1.68 bits per heavy atom. The molecule has 0 N–H and O–H groups in total. The van der Waals surface area contributed by atoms with E-state index in [4.69, 9.17) is 4.74 Å². The van der Waals surface area contributed by atoms with Gasteiger partial charge in [0, 0.05) is 6.42 Å². The van der Waals surface area contributed by atoms with Crippen molar-refractivity contribution in [2.75, 3.05) is 6.61 Å². The van der Waals surface area contributed by atoms with E-state index >= 15 is 0 Å². The van der Waals surface area contributed by atoms with Crippen LogP contribution in [0.5, 0.6) is 0 Å². The highest BCUT2D eigenvalue weighted by Gasteiger charge is 2.50. The predicted molar refractivity (Wildman–Crippen MR) is 75.7 cm³/mol. The molecule has 0 aromatic heterocycles. The molecule has 0 aliphatic heterocycles. The van der Waals surface area contributed by atoms with Gasteiger partial charge >= 0.3 is 5.97 Å². The van der Waals surface area contributed by atoms with Gasteiger partial charge in [-0.15, -0.1) is 0 Å². The van der Waals surface area contributed by atoms with Crippen LogP contribution in [0.4, 0.5) is 0 Å². The van der Waals surface area contributed by atoms with Crippen LogP contribution in [-0.4, -0.2) is 12.6 Å². The van der Waals surface area contributed by atoms with Gasteiger partial charge in [0.1, 0.15) is 0 Å². The highest BCUT2D eigenvalue weighted by molar-refractivity contribution is 5.69. The van der Waals surface area contributed by atoms with E-state index in [0.29, 0.717) is 18.4 Å². The van der Waals surface area contributed by atoms with Gasteiger partial charge < -0.3 is 4.74 Å². The zero-order valence-electron chi connectivity index (χ0n) is 12.3. The molecule has 0 amide bonds. The summed E-state index contributed by atoms with van der Waals surface area (Å²) in [6.45, 7) is 2.79. The Morgan fingerprint density at radius 3 is 2.21 bits per heavy atom. The summed E-state index contributed by atoms with van der Waals surface area (Å²) in [5.74, 6) is 3.03. The Balaban J connectivity index is 1.46. The van der Waals surface area contributed by atoms with Gasteiger partial charge in [-0.3, -0.25) is 4.79 Å². The lowest BCUT2D eigenvalue weighted by Gasteiger charge is -2.57. The molecule has 0 aromatic rings. The van der Waals surface area contributed by atoms with E-state index in [9.17, 15) is 4.79 Å². The Bertz CT molecular complexity index is 299.